The van der Waals surface area contributed by atoms with Crippen LogP contribution in [0.3, 0.4) is 0 Å². The SMILES string of the molecule is O=C(NC(=O)C1CCNCC1)C(=O)Nc1ccccc1[N+](=O)[O-]. The van der Waals surface area contributed by atoms with Crippen LogP contribution >= 0.6 is 0 Å². The molecule has 1 aliphatic rings. The number of carbonyl (C=O) groups is 3. The first-order valence-electron chi connectivity index (χ1n) is 7.09. The predicted molar refractivity (Wildman–Crippen MR) is 80.5 cm³/mol. The Kier molecular flexibility index (Phi) is 5.36. The van der Waals surface area contributed by atoms with Gasteiger partial charge < -0.3 is 10.6 Å². The number of rotatable bonds is 3. The Hall–Kier alpha value is -2.81. The maximum absolute atomic E-state index is 11.9. The smallest absolute Gasteiger partial charge is 0.316 e. The molecule has 23 heavy (non-hydrogen) atoms. The lowest BCUT2D eigenvalue weighted by Gasteiger charge is -2.21. The van der Waals surface area contributed by atoms with E-state index in [1.54, 1.807) is 0 Å². The second-order valence-corrected chi connectivity index (χ2v) is 5.07. The molecular weight excluding hydrogens is 304 g/mol. The lowest BCUT2D eigenvalue weighted by Crippen LogP contribution is -2.44. The highest BCUT2D eigenvalue weighted by Gasteiger charge is 2.26. The fourth-order valence-corrected chi connectivity index (χ4v) is 2.27. The van der Waals surface area contributed by atoms with Crippen LogP contribution < -0.4 is 16.0 Å². The van der Waals surface area contributed by atoms with Gasteiger partial charge in [0.2, 0.25) is 5.91 Å². The van der Waals surface area contributed by atoms with Crippen molar-refractivity contribution >= 4 is 29.1 Å². The maximum atomic E-state index is 11.9. The molecule has 122 valence electrons. The van der Waals surface area contributed by atoms with E-state index in [-0.39, 0.29) is 17.3 Å². The molecule has 0 atom stereocenters. The Bertz CT molecular complexity index is 640. The van der Waals surface area contributed by atoms with E-state index in [4.69, 9.17) is 0 Å². The first kappa shape index (κ1) is 16.6. The third kappa shape index (κ3) is 4.33. The number of nitrogens with zero attached hydrogens (tertiary/aromatic N) is 1. The molecule has 1 aromatic rings. The number of nitrogens with one attached hydrogen (secondary N) is 3. The number of piperidine rings is 1. The summed E-state index contributed by atoms with van der Waals surface area (Å²) in [5.74, 6) is -3.08. The second-order valence-electron chi connectivity index (χ2n) is 5.07. The van der Waals surface area contributed by atoms with Crippen LogP contribution in [-0.4, -0.2) is 35.7 Å². The molecule has 1 saturated heterocycles. The molecule has 9 heteroatoms. The Morgan fingerprint density at radius 2 is 1.78 bits per heavy atom. The average Bonchev–Trinajstić information content (AvgIpc) is 2.55. The first-order chi connectivity index (χ1) is 11.0. The topological polar surface area (TPSA) is 130 Å². The van der Waals surface area contributed by atoms with Crippen LogP contribution in [-0.2, 0) is 14.4 Å². The molecule has 1 aromatic carbocycles. The first-order valence-corrected chi connectivity index (χ1v) is 7.09. The summed E-state index contributed by atoms with van der Waals surface area (Å²) < 4.78 is 0. The largest absolute Gasteiger partial charge is 0.317 e. The van der Waals surface area contributed by atoms with Gasteiger partial charge in [0.25, 0.3) is 5.69 Å². The van der Waals surface area contributed by atoms with Gasteiger partial charge in [0.05, 0.1) is 4.92 Å². The molecule has 3 N–H and O–H groups in total. The monoisotopic (exact) mass is 320 g/mol. The highest BCUT2D eigenvalue weighted by molar-refractivity contribution is 6.42. The van der Waals surface area contributed by atoms with Crippen molar-refractivity contribution in [3.05, 3.63) is 34.4 Å². The minimum absolute atomic E-state index is 0.105. The Balaban J connectivity index is 1.96. The Morgan fingerprint density at radius 1 is 1.13 bits per heavy atom. The Morgan fingerprint density at radius 3 is 2.43 bits per heavy atom. The van der Waals surface area contributed by atoms with Crippen LogP contribution in [0, 0.1) is 16.0 Å². The third-order valence-corrected chi connectivity index (χ3v) is 3.50. The minimum Gasteiger partial charge on any atom is -0.317 e. The van der Waals surface area contributed by atoms with Crippen molar-refractivity contribution in [1.82, 2.24) is 10.6 Å². The third-order valence-electron chi connectivity index (χ3n) is 3.50. The number of anilines is 1. The number of hydrogen-bond acceptors (Lipinski definition) is 6. The van der Waals surface area contributed by atoms with Gasteiger partial charge in [-0.15, -0.1) is 0 Å². The lowest BCUT2D eigenvalue weighted by atomic mass is 9.97. The molecule has 0 aromatic heterocycles. The number of imide groups is 1. The fourth-order valence-electron chi connectivity index (χ4n) is 2.27. The van der Waals surface area contributed by atoms with Gasteiger partial charge >= 0.3 is 11.8 Å². The number of carbonyl (C=O) groups excluding carboxylic acids is 3. The zero-order valence-electron chi connectivity index (χ0n) is 12.2. The number of benzene rings is 1. The summed E-state index contributed by atoms with van der Waals surface area (Å²) in [6.07, 6.45) is 1.18. The second kappa shape index (κ2) is 7.45. The van der Waals surface area contributed by atoms with E-state index in [0.717, 1.165) is 0 Å². The van der Waals surface area contributed by atoms with Gasteiger partial charge in [0, 0.05) is 12.0 Å². The van der Waals surface area contributed by atoms with Crippen LogP contribution in [0.5, 0.6) is 0 Å². The minimum atomic E-state index is -1.13. The van der Waals surface area contributed by atoms with E-state index < -0.39 is 22.6 Å². The van der Waals surface area contributed by atoms with E-state index in [1.807, 2.05) is 5.32 Å². The molecular formula is C14H16N4O5. The lowest BCUT2D eigenvalue weighted by molar-refractivity contribution is -0.383. The highest BCUT2D eigenvalue weighted by Crippen LogP contribution is 2.22. The average molecular weight is 320 g/mol. The Labute approximate surface area is 131 Å². The molecule has 2 rings (SSSR count). The summed E-state index contributed by atoms with van der Waals surface area (Å²) in [6, 6.07) is 5.43. The van der Waals surface area contributed by atoms with Crippen molar-refractivity contribution in [2.45, 2.75) is 12.8 Å². The van der Waals surface area contributed by atoms with Gasteiger partial charge in [0.15, 0.2) is 0 Å². The zero-order valence-corrected chi connectivity index (χ0v) is 12.2. The van der Waals surface area contributed by atoms with Crippen molar-refractivity contribution in [2.24, 2.45) is 5.92 Å². The van der Waals surface area contributed by atoms with Gasteiger partial charge in [-0.2, -0.15) is 0 Å². The molecule has 0 saturated carbocycles. The molecule has 0 unspecified atom stereocenters. The highest BCUT2D eigenvalue weighted by atomic mass is 16.6. The summed E-state index contributed by atoms with van der Waals surface area (Å²) in [5, 5.41) is 18.1. The maximum Gasteiger partial charge on any atom is 0.316 e. The normalized spacial score (nSPS) is 14.8. The number of nitro benzene ring substituents is 1. The summed E-state index contributed by atoms with van der Waals surface area (Å²) in [5.41, 5.74) is -0.440. The molecule has 0 radical (unpaired) electrons. The molecule has 0 spiro atoms. The van der Waals surface area contributed by atoms with Crippen molar-refractivity contribution < 1.29 is 19.3 Å². The van der Waals surface area contributed by atoms with Gasteiger partial charge in [-0.05, 0) is 32.0 Å². The van der Waals surface area contributed by atoms with Crippen LogP contribution in [0.4, 0.5) is 11.4 Å². The van der Waals surface area contributed by atoms with E-state index >= 15 is 0 Å². The van der Waals surface area contributed by atoms with Gasteiger partial charge in [-0.1, -0.05) is 12.1 Å². The fraction of sp³-hybridized carbons (Fsp3) is 0.357. The molecule has 1 heterocycles. The van der Waals surface area contributed by atoms with Crippen LogP contribution in [0.2, 0.25) is 0 Å². The van der Waals surface area contributed by atoms with E-state index in [9.17, 15) is 24.5 Å². The number of hydrogen-bond donors (Lipinski definition) is 3. The van der Waals surface area contributed by atoms with Crippen LogP contribution in [0.1, 0.15) is 12.8 Å². The summed E-state index contributed by atoms with van der Waals surface area (Å²) >= 11 is 0. The molecule has 9 nitrogen and oxygen atoms in total. The van der Waals surface area contributed by atoms with Crippen LogP contribution in [0.25, 0.3) is 0 Å². The van der Waals surface area contributed by atoms with Crippen molar-refractivity contribution in [3.63, 3.8) is 0 Å². The van der Waals surface area contributed by atoms with Crippen molar-refractivity contribution in [2.75, 3.05) is 18.4 Å². The van der Waals surface area contributed by atoms with Gasteiger partial charge in [-0.3, -0.25) is 29.8 Å². The number of amides is 3. The number of para-hydroxylation sites is 2. The number of nitro groups is 1. The van der Waals surface area contributed by atoms with Crippen LogP contribution in [0.15, 0.2) is 24.3 Å². The quantitative estimate of drug-likeness (QED) is 0.413. The van der Waals surface area contributed by atoms with E-state index in [2.05, 4.69) is 10.6 Å². The van der Waals surface area contributed by atoms with Gasteiger partial charge in [-0.25, -0.2) is 0 Å². The standard InChI is InChI=1S/C14H16N4O5/c19-12(9-5-7-15-8-6-9)17-14(21)13(20)16-10-3-1-2-4-11(10)18(22)23/h1-4,9,15H,5-8H2,(H,16,20)(H,17,19,21). The molecule has 1 aliphatic heterocycles. The zero-order chi connectivity index (χ0) is 16.8. The molecule has 0 bridgehead atoms. The molecule has 0 aliphatic carbocycles. The predicted octanol–water partition coefficient (Wildman–Crippen LogP) is 0.176. The van der Waals surface area contributed by atoms with Gasteiger partial charge in [0.1, 0.15) is 5.69 Å². The molecule has 3 amide bonds. The summed E-state index contributed by atoms with van der Waals surface area (Å²) in [7, 11) is 0. The summed E-state index contributed by atoms with van der Waals surface area (Å²) in [6.45, 7) is 1.35. The van der Waals surface area contributed by atoms with E-state index in [1.165, 1.54) is 24.3 Å². The van der Waals surface area contributed by atoms with Crippen molar-refractivity contribution in [1.29, 1.82) is 0 Å². The summed E-state index contributed by atoms with van der Waals surface area (Å²) in [4.78, 5) is 45.6. The van der Waals surface area contributed by atoms with E-state index in [0.29, 0.717) is 25.9 Å². The van der Waals surface area contributed by atoms with Crippen molar-refractivity contribution in [3.8, 4) is 0 Å². The molecule has 1 fully saturated rings.